The molecule has 6 rings (SSSR count). The van der Waals surface area contributed by atoms with E-state index < -0.39 is 6.04 Å². The molecule has 0 saturated heterocycles. The summed E-state index contributed by atoms with van der Waals surface area (Å²) in [5, 5.41) is 26.8. The number of benzene rings is 3. The standard InChI is InChI=1S/C31H27ClFN7/c1-2-27(19-8-4-3-5-9-19)37-29-20(16-34)17-35-30-24(29)14-21(15-25(30)32)36-31(23-10-6-7-11-26(23)33)28-18-40(39-38-28)22-12-13-22/h3-11,14-15,17-18,22,27,31,36H,2,12-13H2,1H3,(H,35,37)/t27-,31+/m1/s1. The summed E-state index contributed by atoms with van der Waals surface area (Å²) < 4.78 is 16.9. The summed E-state index contributed by atoms with van der Waals surface area (Å²) in [5.41, 5.74) is 4.42. The number of pyridine rings is 1. The number of nitrogens with zero attached hydrogens (tertiary/aromatic N) is 5. The largest absolute Gasteiger partial charge is 0.377 e. The molecule has 2 atom stereocenters. The molecular weight excluding hydrogens is 525 g/mol. The third-order valence-corrected chi connectivity index (χ3v) is 7.53. The second kappa shape index (κ2) is 10.9. The summed E-state index contributed by atoms with van der Waals surface area (Å²) >= 11 is 6.76. The Morgan fingerprint density at radius 2 is 1.88 bits per heavy atom. The SMILES string of the molecule is CC[C@@H](Nc1c(C#N)cnc2c(Cl)cc(N[C@H](c3cn(C4CC4)nn3)c3ccccc3F)cc12)c1ccccc1. The molecule has 1 fully saturated rings. The molecule has 2 aromatic heterocycles. The first-order chi connectivity index (χ1) is 19.6. The van der Waals surface area contributed by atoms with Crippen molar-refractivity contribution in [3.63, 3.8) is 0 Å². The molecule has 1 aliphatic carbocycles. The Labute approximate surface area is 236 Å². The number of hydrogen-bond acceptors (Lipinski definition) is 6. The molecule has 0 radical (unpaired) electrons. The number of hydrogen-bond donors (Lipinski definition) is 2. The van der Waals surface area contributed by atoms with E-state index >= 15 is 4.39 Å². The Hall–Kier alpha value is -4.48. The molecule has 7 nitrogen and oxygen atoms in total. The number of rotatable bonds is 9. The van der Waals surface area contributed by atoms with Crippen LogP contribution in [0.5, 0.6) is 0 Å². The van der Waals surface area contributed by atoms with Gasteiger partial charge in [0.25, 0.3) is 0 Å². The van der Waals surface area contributed by atoms with E-state index in [9.17, 15) is 5.26 Å². The zero-order valence-corrected chi connectivity index (χ0v) is 22.6. The van der Waals surface area contributed by atoms with Gasteiger partial charge in [-0.05, 0) is 43.0 Å². The molecule has 3 aromatic carbocycles. The van der Waals surface area contributed by atoms with Gasteiger partial charge in [0.2, 0.25) is 0 Å². The smallest absolute Gasteiger partial charge is 0.128 e. The van der Waals surface area contributed by atoms with E-state index in [-0.39, 0.29) is 11.9 Å². The van der Waals surface area contributed by atoms with Gasteiger partial charge < -0.3 is 10.6 Å². The van der Waals surface area contributed by atoms with Gasteiger partial charge >= 0.3 is 0 Å². The van der Waals surface area contributed by atoms with Crippen LogP contribution in [0.1, 0.15) is 66.7 Å². The summed E-state index contributed by atoms with van der Waals surface area (Å²) in [6.07, 6.45) is 6.34. The van der Waals surface area contributed by atoms with E-state index in [2.05, 4.69) is 51.1 Å². The zero-order valence-electron chi connectivity index (χ0n) is 21.9. The van der Waals surface area contributed by atoms with Gasteiger partial charge in [0.1, 0.15) is 23.6 Å². The van der Waals surface area contributed by atoms with E-state index in [4.69, 9.17) is 11.6 Å². The molecular formula is C31H27ClFN7. The predicted octanol–water partition coefficient (Wildman–Crippen LogP) is 7.59. The van der Waals surface area contributed by atoms with Crippen LogP contribution in [0.25, 0.3) is 10.9 Å². The Bertz CT molecular complexity index is 1710. The topological polar surface area (TPSA) is 91.5 Å². The molecule has 9 heteroatoms. The average Bonchev–Trinajstić information content (AvgIpc) is 3.72. The lowest BCUT2D eigenvalue weighted by molar-refractivity contribution is 0.601. The van der Waals surface area contributed by atoms with E-state index in [1.807, 2.05) is 35.1 Å². The van der Waals surface area contributed by atoms with Gasteiger partial charge in [0.05, 0.1) is 40.1 Å². The van der Waals surface area contributed by atoms with Crippen LogP contribution in [-0.4, -0.2) is 20.0 Å². The number of halogens is 2. The van der Waals surface area contributed by atoms with Gasteiger partial charge in [-0.25, -0.2) is 9.07 Å². The summed E-state index contributed by atoms with van der Waals surface area (Å²) in [5.74, 6) is -0.350. The molecule has 40 heavy (non-hydrogen) atoms. The third kappa shape index (κ3) is 5.08. The number of aromatic nitrogens is 4. The molecule has 2 heterocycles. The van der Waals surface area contributed by atoms with Gasteiger partial charge in [-0.3, -0.25) is 4.98 Å². The van der Waals surface area contributed by atoms with Gasteiger partial charge in [0, 0.05) is 22.8 Å². The normalized spacial score (nSPS) is 14.4. The van der Waals surface area contributed by atoms with Crippen molar-refractivity contribution in [2.75, 3.05) is 10.6 Å². The fraction of sp³-hybridized carbons (Fsp3) is 0.226. The van der Waals surface area contributed by atoms with Crippen molar-refractivity contribution in [1.29, 1.82) is 5.26 Å². The van der Waals surface area contributed by atoms with E-state index in [0.29, 0.717) is 50.2 Å². The Morgan fingerprint density at radius 3 is 2.60 bits per heavy atom. The van der Waals surface area contributed by atoms with Crippen LogP contribution < -0.4 is 10.6 Å². The lowest BCUT2D eigenvalue weighted by Gasteiger charge is -2.22. The summed E-state index contributed by atoms with van der Waals surface area (Å²) in [7, 11) is 0. The van der Waals surface area contributed by atoms with Crippen molar-refractivity contribution in [3.8, 4) is 6.07 Å². The van der Waals surface area contributed by atoms with E-state index in [1.165, 1.54) is 6.07 Å². The molecule has 2 N–H and O–H groups in total. The van der Waals surface area contributed by atoms with Crippen LogP contribution in [0.2, 0.25) is 5.02 Å². The van der Waals surface area contributed by atoms with E-state index in [0.717, 1.165) is 24.8 Å². The first-order valence-corrected chi connectivity index (χ1v) is 13.7. The van der Waals surface area contributed by atoms with Crippen LogP contribution in [0.4, 0.5) is 15.8 Å². The van der Waals surface area contributed by atoms with Crippen molar-refractivity contribution in [3.05, 3.63) is 112 Å². The van der Waals surface area contributed by atoms with E-state index in [1.54, 1.807) is 30.5 Å². The lowest BCUT2D eigenvalue weighted by Crippen LogP contribution is -2.15. The van der Waals surface area contributed by atoms with Crippen molar-refractivity contribution in [2.45, 2.75) is 44.3 Å². The van der Waals surface area contributed by atoms with Crippen LogP contribution in [-0.2, 0) is 0 Å². The Morgan fingerprint density at radius 1 is 1.10 bits per heavy atom. The highest BCUT2D eigenvalue weighted by atomic mass is 35.5. The molecule has 1 saturated carbocycles. The van der Waals surface area contributed by atoms with Gasteiger partial charge in [-0.2, -0.15) is 5.26 Å². The van der Waals surface area contributed by atoms with Crippen LogP contribution in [0, 0.1) is 17.1 Å². The molecule has 0 aliphatic heterocycles. The predicted molar refractivity (Wildman–Crippen MR) is 155 cm³/mol. The quantitative estimate of drug-likeness (QED) is 0.196. The van der Waals surface area contributed by atoms with Crippen molar-refractivity contribution >= 4 is 33.9 Å². The maximum Gasteiger partial charge on any atom is 0.128 e. The number of fused-ring (bicyclic) bond motifs is 1. The maximum atomic E-state index is 15.1. The first-order valence-electron chi connectivity index (χ1n) is 13.3. The number of nitrogens with one attached hydrogen (secondary N) is 2. The molecule has 0 bridgehead atoms. The molecule has 0 spiro atoms. The minimum atomic E-state index is -0.613. The van der Waals surface area contributed by atoms with Crippen LogP contribution in [0.15, 0.2) is 79.1 Å². The fourth-order valence-electron chi connectivity index (χ4n) is 4.99. The highest BCUT2D eigenvalue weighted by Crippen LogP contribution is 2.38. The summed E-state index contributed by atoms with van der Waals surface area (Å²) in [6, 6.07) is 22.3. The van der Waals surface area contributed by atoms with Crippen LogP contribution >= 0.6 is 11.6 Å². The Kier molecular flexibility index (Phi) is 7.06. The lowest BCUT2D eigenvalue weighted by atomic mass is 10.0. The maximum absolute atomic E-state index is 15.1. The van der Waals surface area contributed by atoms with Crippen molar-refractivity contribution < 1.29 is 4.39 Å². The van der Waals surface area contributed by atoms with Gasteiger partial charge in [0.15, 0.2) is 0 Å². The Balaban J connectivity index is 1.44. The highest BCUT2D eigenvalue weighted by molar-refractivity contribution is 6.35. The van der Waals surface area contributed by atoms with Crippen LogP contribution in [0.3, 0.4) is 0 Å². The third-order valence-electron chi connectivity index (χ3n) is 7.25. The number of anilines is 2. The molecule has 0 amide bonds. The average molecular weight is 552 g/mol. The first kappa shape index (κ1) is 25.8. The van der Waals surface area contributed by atoms with Crippen molar-refractivity contribution in [1.82, 2.24) is 20.0 Å². The molecule has 0 unspecified atom stereocenters. The molecule has 5 aromatic rings. The van der Waals surface area contributed by atoms with Gasteiger partial charge in [-0.15, -0.1) is 5.10 Å². The zero-order chi connectivity index (χ0) is 27.6. The molecule has 1 aliphatic rings. The van der Waals surface area contributed by atoms with Crippen molar-refractivity contribution in [2.24, 2.45) is 0 Å². The summed E-state index contributed by atoms with van der Waals surface area (Å²) in [4.78, 5) is 4.49. The highest BCUT2D eigenvalue weighted by Gasteiger charge is 2.28. The second-order valence-electron chi connectivity index (χ2n) is 9.98. The second-order valence-corrected chi connectivity index (χ2v) is 10.4. The minimum absolute atomic E-state index is 0.0297. The fourth-order valence-corrected chi connectivity index (χ4v) is 5.26. The minimum Gasteiger partial charge on any atom is -0.377 e. The number of nitriles is 1. The molecule has 200 valence electrons. The monoisotopic (exact) mass is 551 g/mol. The summed E-state index contributed by atoms with van der Waals surface area (Å²) in [6.45, 7) is 2.09. The van der Waals surface area contributed by atoms with Gasteiger partial charge in [-0.1, -0.05) is 72.3 Å².